The minimum absolute atomic E-state index is 0.189. The van der Waals surface area contributed by atoms with Gasteiger partial charge in [-0.2, -0.15) is 9.40 Å². The molecule has 0 aliphatic rings. The van der Waals surface area contributed by atoms with Crippen molar-refractivity contribution in [3.63, 3.8) is 0 Å². The number of hydrogen-bond acceptors (Lipinski definition) is 4. The van der Waals surface area contributed by atoms with Crippen molar-refractivity contribution in [3.8, 4) is 11.4 Å². The topological polar surface area (TPSA) is 64.4 Å². The number of benzene rings is 2. The van der Waals surface area contributed by atoms with Crippen LogP contribution >= 0.6 is 0 Å². The zero-order chi connectivity index (χ0) is 17.9. The normalized spacial score (nSPS) is 11.6. The van der Waals surface area contributed by atoms with Crippen molar-refractivity contribution in [3.05, 3.63) is 72.6 Å². The number of nitrogens with zero attached hydrogens (tertiary/aromatic N) is 3. The fraction of sp³-hybridized carbons (Fsp3) is 0.167. The van der Waals surface area contributed by atoms with Gasteiger partial charge in [-0.3, -0.25) is 0 Å². The number of para-hydroxylation sites is 1. The van der Waals surface area contributed by atoms with Gasteiger partial charge in [0.15, 0.2) is 0 Å². The third kappa shape index (κ3) is 3.72. The number of sulfonamides is 1. The van der Waals surface area contributed by atoms with Gasteiger partial charge in [0.1, 0.15) is 5.75 Å². The molecule has 130 valence electrons. The van der Waals surface area contributed by atoms with E-state index in [4.69, 9.17) is 4.74 Å². The molecule has 0 fully saturated rings. The largest absolute Gasteiger partial charge is 0.497 e. The lowest BCUT2D eigenvalue weighted by molar-refractivity contribution is 0.414. The fourth-order valence-electron chi connectivity index (χ4n) is 2.41. The van der Waals surface area contributed by atoms with Gasteiger partial charge in [0, 0.05) is 13.2 Å². The van der Waals surface area contributed by atoms with Crippen LogP contribution in [0.4, 0.5) is 0 Å². The lowest BCUT2D eigenvalue weighted by Gasteiger charge is -2.16. The predicted molar refractivity (Wildman–Crippen MR) is 95.2 cm³/mol. The van der Waals surface area contributed by atoms with E-state index in [-0.39, 0.29) is 11.4 Å². The molecule has 0 N–H and O–H groups in total. The van der Waals surface area contributed by atoms with E-state index in [0.29, 0.717) is 11.4 Å². The van der Waals surface area contributed by atoms with Crippen molar-refractivity contribution >= 4 is 10.0 Å². The summed E-state index contributed by atoms with van der Waals surface area (Å²) in [6, 6.07) is 17.8. The van der Waals surface area contributed by atoms with Crippen molar-refractivity contribution in [1.29, 1.82) is 0 Å². The average molecular weight is 357 g/mol. The average Bonchev–Trinajstić information content (AvgIpc) is 3.11. The van der Waals surface area contributed by atoms with Crippen LogP contribution in [0.3, 0.4) is 0 Å². The number of methoxy groups -OCH3 is 1. The van der Waals surface area contributed by atoms with E-state index < -0.39 is 10.0 Å². The summed E-state index contributed by atoms with van der Waals surface area (Å²) in [5.41, 5.74) is 1.60. The Hall–Kier alpha value is -2.64. The molecule has 0 aliphatic heterocycles. The second-order valence-electron chi connectivity index (χ2n) is 5.52. The minimum atomic E-state index is -3.59. The van der Waals surface area contributed by atoms with Crippen LogP contribution < -0.4 is 4.74 Å². The molecule has 0 amide bonds. The van der Waals surface area contributed by atoms with Crippen LogP contribution in [-0.4, -0.2) is 36.7 Å². The van der Waals surface area contributed by atoms with Gasteiger partial charge < -0.3 is 4.74 Å². The van der Waals surface area contributed by atoms with Crippen LogP contribution in [0.1, 0.15) is 5.69 Å². The Morgan fingerprint density at radius 2 is 1.72 bits per heavy atom. The molecule has 0 unspecified atom stereocenters. The van der Waals surface area contributed by atoms with Crippen molar-refractivity contribution in [2.75, 3.05) is 14.2 Å². The first-order chi connectivity index (χ1) is 12.0. The van der Waals surface area contributed by atoms with Crippen LogP contribution in [-0.2, 0) is 16.6 Å². The fourth-order valence-corrected chi connectivity index (χ4v) is 3.55. The standard InChI is InChI=1S/C18H19N3O3S/c1-20(25(22,23)18-10-8-17(24-2)9-11-18)14-15-12-13-21(19-15)16-6-4-3-5-7-16/h3-13H,14H2,1-2H3. The number of aromatic nitrogens is 2. The van der Waals surface area contributed by atoms with Gasteiger partial charge in [-0.1, -0.05) is 18.2 Å². The Labute approximate surface area is 147 Å². The third-order valence-corrected chi connectivity index (χ3v) is 5.63. The van der Waals surface area contributed by atoms with Crippen molar-refractivity contribution in [2.24, 2.45) is 0 Å². The molecule has 0 saturated carbocycles. The van der Waals surface area contributed by atoms with Gasteiger partial charge in [-0.25, -0.2) is 13.1 Å². The first kappa shape index (κ1) is 17.2. The molecule has 0 aliphatic carbocycles. The summed E-state index contributed by atoms with van der Waals surface area (Å²) in [6.07, 6.45) is 1.82. The quantitative estimate of drug-likeness (QED) is 0.680. The summed E-state index contributed by atoms with van der Waals surface area (Å²) >= 11 is 0. The number of ether oxygens (including phenoxy) is 1. The van der Waals surface area contributed by atoms with Crippen LogP contribution in [0.5, 0.6) is 5.75 Å². The van der Waals surface area contributed by atoms with Gasteiger partial charge in [0.2, 0.25) is 10.0 Å². The van der Waals surface area contributed by atoms with Gasteiger partial charge in [-0.05, 0) is 42.5 Å². The van der Waals surface area contributed by atoms with E-state index in [1.807, 2.05) is 42.6 Å². The highest BCUT2D eigenvalue weighted by Gasteiger charge is 2.21. The van der Waals surface area contributed by atoms with Crippen molar-refractivity contribution in [1.82, 2.24) is 14.1 Å². The minimum Gasteiger partial charge on any atom is -0.497 e. The van der Waals surface area contributed by atoms with Crippen LogP contribution in [0, 0.1) is 0 Å². The van der Waals surface area contributed by atoms with E-state index >= 15 is 0 Å². The summed E-state index contributed by atoms with van der Waals surface area (Å²) in [4.78, 5) is 0.221. The van der Waals surface area contributed by atoms with Gasteiger partial charge in [0.05, 0.1) is 29.9 Å². The second kappa shape index (κ2) is 7.08. The van der Waals surface area contributed by atoms with Crippen LogP contribution in [0.2, 0.25) is 0 Å². The molecule has 3 rings (SSSR count). The molecule has 1 heterocycles. The Bertz CT molecular complexity index is 935. The summed E-state index contributed by atoms with van der Waals surface area (Å²) in [6.45, 7) is 0.189. The highest BCUT2D eigenvalue weighted by Crippen LogP contribution is 2.20. The molecule has 2 aromatic carbocycles. The smallest absolute Gasteiger partial charge is 0.243 e. The van der Waals surface area contributed by atoms with Crippen molar-refractivity contribution in [2.45, 2.75) is 11.4 Å². The summed E-state index contributed by atoms with van der Waals surface area (Å²) < 4.78 is 33.4. The summed E-state index contributed by atoms with van der Waals surface area (Å²) in [7, 11) is -0.506. The zero-order valence-electron chi connectivity index (χ0n) is 14.0. The Kier molecular flexibility index (Phi) is 4.87. The van der Waals surface area contributed by atoms with Gasteiger partial charge >= 0.3 is 0 Å². The highest BCUT2D eigenvalue weighted by molar-refractivity contribution is 7.89. The monoisotopic (exact) mass is 357 g/mol. The van der Waals surface area contributed by atoms with Gasteiger partial charge in [0.25, 0.3) is 0 Å². The predicted octanol–water partition coefficient (Wildman–Crippen LogP) is 2.70. The Morgan fingerprint density at radius 3 is 2.36 bits per heavy atom. The second-order valence-corrected chi connectivity index (χ2v) is 7.57. The molecular weight excluding hydrogens is 338 g/mol. The number of rotatable bonds is 6. The first-order valence-corrected chi connectivity index (χ1v) is 9.15. The zero-order valence-corrected chi connectivity index (χ0v) is 14.8. The lowest BCUT2D eigenvalue weighted by atomic mass is 10.3. The molecule has 7 heteroatoms. The maximum absolute atomic E-state index is 12.7. The molecule has 0 atom stereocenters. The Morgan fingerprint density at radius 1 is 1.04 bits per heavy atom. The molecular formula is C18H19N3O3S. The van der Waals surface area contributed by atoms with E-state index in [0.717, 1.165) is 5.69 Å². The molecule has 1 aromatic heterocycles. The molecule has 0 bridgehead atoms. The van der Waals surface area contributed by atoms with Crippen LogP contribution in [0.25, 0.3) is 5.69 Å². The molecule has 25 heavy (non-hydrogen) atoms. The maximum atomic E-state index is 12.7. The third-order valence-electron chi connectivity index (χ3n) is 3.82. The van der Waals surface area contributed by atoms with E-state index in [2.05, 4.69) is 5.10 Å². The van der Waals surface area contributed by atoms with Crippen molar-refractivity contribution < 1.29 is 13.2 Å². The molecule has 0 radical (unpaired) electrons. The van der Waals surface area contributed by atoms with E-state index in [1.165, 1.54) is 16.4 Å². The molecule has 0 spiro atoms. The lowest BCUT2D eigenvalue weighted by Crippen LogP contribution is -2.26. The van der Waals surface area contributed by atoms with Gasteiger partial charge in [-0.15, -0.1) is 0 Å². The first-order valence-electron chi connectivity index (χ1n) is 7.71. The van der Waals surface area contributed by atoms with E-state index in [1.54, 1.807) is 31.0 Å². The molecule has 3 aromatic rings. The summed E-state index contributed by atoms with van der Waals surface area (Å²) in [5, 5.41) is 4.45. The maximum Gasteiger partial charge on any atom is 0.243 e. The molecule has 0 saturated heterocycles. The van der Waals surface area contributed by atoms with Crippen LogP contribution in [0.15, 0.2) is 71.8 Å². The summed E-state index contributed by atoms with van der Waals surface area (Å²) in [5.74, 6) is 0.614. The Balaban J connectivity index is 1.77. The van der Waals surface area contributed by atoms with E-state index in [9.17, 15) is 8.42 Å². The SMILES string of the molecule is COc1ccc(S(=O)(=O)N(C)Cc2ccn(-c3ccccc3)n2)cc1. The highest BCUT2D eigenvalue weighted by atomic mass is 32.2. The molecule has 6 nitrogen and oxygen atoms in total. The number of hydrogen-bond donors (Lipinski definition) is 0.